The van der Waals surface area contributed by atoms with Crippen molar-refractivity contribution in [2.75, 3.05) is 20.1 Å². The van der Waals surface area contributed by atoms with Gasteiger partial charge in [-0.1, -0.05) is 61.7 Å². The molecule has 2 aliphatic carbocycles. The molecular weight excluding hydrogens is 548 g/mol. The van der Waals surface area contributed by atoms with Crippen molar-refractivity contribution >= 4 is 5.91 Å². The first-order chi connectivity index (χ1) is 21.2. The van der Waals surface area contributed by atoms with Gasteiger partial charge in [-0.2, -0.15) is 0 Å². The lowest BCUT2D eigenvalue weighted by molar-refractivity contribution is -0.228. The van der Waals surface area contributed by atoms with Crippen LogP contribution in [0.15, 0.2) is 60.7 Å². The van der Waals surface area contributed by atoms with Gasteiger partial charge in [-0.05, 0) is 92.4 Å². The van der Waals surface area contributed by atoms with E-state index in [1.54, 1.807) is 11.0 Å². The average Bonchev–Trinajstić information content (AvgIpc) is 3.38. The standard InChI is InChI=1S/C38H42N2O4/c1-5-29-23-30(39(4)33(42)16-13-27-12-11-24(2)25(3)21-27)36-37-18-20-40(19-17-26-9-7-6-8-10-26)32(38(29,37)43)22-28-14-15-31(41)35(44-36)34(28)37/h6-12,14-15,21,29-30,32,36,41,43H,5,17-20,22-23H2,1-4H3/t29-,30+,32+,36+,37-,38+/m0/s1. The van der Waals surface area contributed by atoms with E-state index in [0.29, 0.717) is 25.0 Å². The van der Waals surface area contributed by atoms with Gasteiger partial charge in [-0.3, -0.25) is 9.69 Å². The quantitative estimate of drug-likeness (QED) is 0.413. The van der Waals surface area contributed by atoms with Gasteiger partial charge in [0.2, 0.25) is 0 Å². The number of likely N-dealkylation sites (N-methyl/N-ethyl adjacent to an activating group) is 1. The van der Waals surface area contributed by atoms with Crippen LogP contribution >= 0.6 is 0 Å². The zero-order valence-corrected chi connectivity index (χ0v) is 26.1. The molecule has 44 heavy (non-hydrogen) atoms. The van der Waals surface area contributed by atoms with Crippen LogP contribution in [0.2, 0.25) is 0 Å². The van der Waals surface area contributed by atoms with E-state index in [0.717, 1.165) is 48.2 Å². The second-order valence-electron chi connectivity index (χ2n) is 13.4. The zero-order valence-electron chi connectivity index (χ0n) is 26.1. The van der Waals surface area contributed by atoms with Gasteiger partial charge < -0.3 is 19.8 Å². The number of hydrogen-bond acceptors (Lipinski definition) is 5. The Hall–Kier alpha value is -3.79. The van der Waals surface area contributed by atoms with Gasteiger partial charge in [0.25, 0.3) is 5.91 Å². The van der Waals surface area contributed by atoms with Crippen molar-refractivity contribution in [2.45, 2.75) is 82.1 Å². The van der Waals surface area contributed by atoms with Gasteiger partial charge in [0.1, 0.15) is 6.10 Å². The third-order valence-corrected chi connectivity index (χ3v) is 11.4. The molecule has 4 aliphatic rings. The predicted octanol–water partition coefficient (Wildman–Crippen LogP) is 4.92. The monoisotopic (exact) mass is 590 g/mol. The van der Waals surface area contributed by atoms with Crippen molar-refractivity contribution in [1.82, 2.24) is 9.80 Å². The first-order valence-electron chi connectivity index (χ1n) is 16.1. The highest BCUT2D eigenvalue weighted by Gasteiger charge is 2.75. The molecule has 1 amide bonds. The first-order valence-corrected chi connectivity index (χ1v) is 16.1. The van der Waals surface area contributed by atoms with Crippen LogP contribution in [0.25, 0.3) is 0 Å². The maximum atomic E-state index is 13.7. The molecule has 3 aromatic carbocycles. The van der Waals surface area contributed by atoms with Gasteiger partial charge in [0.05, 0.1) is 17.1 Å². The van der Waals surface area contributed by atoms with Gasteiger partial charge in [0, 0.05) is 36.7 Å². The molecule has 0 radical (unpaired) electrons. The minimum Gasteiger partial charge on any atom is -0.504 e. The Morgan fingerprint density at radius 3 is 2.66 bits per heavy atom. The van der Waals surface area contributed by atoms with Crippen molar-refractivity contribution in [3.05, 3.63) is 94.0 Å². The Labute approximate surface area is 260 Å². The zero-order chi connectivity index (χ0) is 30.8. The minimum atomic E-state index is -1.06. The number of piperidine rings is 1. The molecular formula is C38H42N2O4. The Bertz CT molecular complexity index is 1680. The van der Waals surface area contributed by atoms with E-state index in [4.69, 9.17) is 4.74 Å². The molecule has 0 unspecified atom stereocenters. The Morgan fingerprint density at radius 1 is 1.11 bits per heavy atom. The van der Waals surface area contributed by atoms with Crippen LogP contribution < -0.4 is 4.74 Å². The molecule has 6 atom stereocenters. The molecule has 6 heteroatoms. The second kappa shape index (κ2) is 10.7. The molecule has 6 nitrogen and oxygen atoms in total. The van der Waals surface area contributed by atoms with E-state index >= 15 is 0 Å². The number of likely N-dealkylation sites (tertiary alicyclic amines) is 1. The highest BCUT2D eigenvalue weighted by atomic mass is 16.5. The predicted molar refractivity (Wildman–Crippen MR) is 171 cm³/mol. The molecule has 2 N–H and O–H groups in total. The maximum absolute atomic E-state index is 13.7. The van der Waals surface area contributed by atoms with Crippen LogP contribution in [-0.4, -0.2) is 69.8 Å². The summed E-state index contributed by atoms with van der Waals surface area (Å²) in [4.78, 5) is 17.9. The van der Waals surface area contributed by atoms with Crippen molar-refractivity contribution in [2.24, 2.45) is 5.92 Å². The van der Waals surface area contributed by atoms with Gasteiger partial charge in [0.15, 0.2) is 11.5 Å². The molecule has 2 fully saturated rings. The highest BCUT2D eigenvalue weighted by molar-refractivity contribution is 5.94. The van der Waals surface area contributed by atoms with E-state index in [9.17, 15) is 15.0 Å². The summed E-state index contributed by atoms with van der Waals surface area (Å²) in [7, 11) is 1.82. The number of ether oxygens (including phenoxy) is 1. The molecule has 3 aromatic rings. The largest absolute Gasteiger partial charge is 0.504 e. The number of hydrogen-bond donors (Lipinski definition) is 2. The summed E-state index contributed by atoms with van der Waals surface area (Å²) < 4.78 is 6.74. The summed E-state index contributed by atoms with van der Waals surface area (Å²) in [6.45, 7) is 7.94. The van der Waals surface area contributed by atoms with Crippen LogP contribution in [0.5, 0.6) is 11.5 Å². The van der Waals surface area contributed by atoms with Crippen LogP contribution in [-0.2, 0) is 23.1 Å². The number of rotatable bonds is 5. The Morgan fingerprint density at radius 2 is 1.91 bits per heavy atom. The lowest BCUT2D eigenvalue weighted by Crippen LogP contribution is -2.81. The summed E-state index contributed by atoms with van der Waals surface area (Å²) in [5.41, 5.74) is 4.77. The smallest absolute Gasteiger partial charge is 0.298 e. The number of amides is 1. The van der Waals surface area contributed by atoms with E-state index in [-0.39, 0.29) is 29.7 Å². The lowest BCUT2D eigenvalue weighted by atomic mass is 9.45. The number of aromatic hydroxyl groups is 1. The van der Waals surface area contributed by atoms with Gasteiger partial charge in [-0.25, -0.2) is 0 Å². The number of aryl methyl sites for hydroxylation is 2. The fraction of sp³-hybridized carbons (Fsp3) is 0.447. The summed E-state index contributed by atoms with van der Waals surface area (Å²) in [5, 5.41) is 24.3. The molecule has 1 saturated carbocycles. The third-order valence-electron chi connectivity index (χ3n) is 11.4. The molecule has 1 spiro atoms. The van der Waals surface area contributed by atoms with Crippen molar-refractivity contribution in [3.63, 3.8) is 0 Å². The normalized spacial score (nSPS) is 29.7. The first kappa shape index (κ1) is 29.0. The number of carbonyl (C=O) groups excluding carboxylic acids is 1. The summed E-state index contributed by atoms with van der Waals surface area (Å²) in [5.74, 6) is 6.25. The number of carbonyl (C=O) groups is 1. The van der Waals surface area contributed by atoms with Crippen LogP contribution in [0.3, 0.4) is 0 Å². The van der Waals surface area contributed by atoms with Gasteiger partial charge in [-0.15, -0.1) is 0 Å². The lowest BCUT2D eigenvalue weighted by Gasteiger charge is -2.67. The topological polar surface area (TPSA) is 73.2 Å². The van der Waals surface area contributed by atoms with Gasteiger partial charge >= 0.3 is 0 Å². The minimum absolute atomic E-state index is 0.0544. The third kappa shape index (κ3) is 4.13. The molecule has 0 aromatic heterocycles. The maximum Gasteiger partial charge on any atom is 0.298 e. The summed E-state index contributed by atoms with van der Waals surface area (Å²) in [6, 6.07) is 19.9. The fourth-order valence-electron chi connectivity index (χ4n) is 9.05. The molecule has 2 aliphatic heterocycles. The number of phenolic OH excluding ortho intramolecular Hbond substituents is 1. The number of phenols is 1. The van der Waals surface area contributed by atoms with E-state index < -0.39 is 17.1 Å². The Kier molecular flexibility index (Phi) is 7.03. The van der Waals surface area contributed by atoms with Crippen LogP contribution in [0, 0.1) is 31.6 Å². The molecule has 1 saturated heterocycles. The molecule has 7 rings (SSSR count). The fourth-order valence-corrected chi connectivity index (χ4v) is 9.05. The summed E-state index contributed by atoms with van der Waals surface area (Å²) in [6.07, 6.45) is 3.25. The number of benzene rings is 3. The molecule has 2 bridgehead atoms. The average molecular weight is 591 g/mol. The number of nitrogens with zero attached hydrogens (tertiary/aromatic N) is 2. The van der Waals surface area contributed by atoms with Crippen molar-refractivity contribution in [1.29, 1.82) is 0 Å². The number of aliphatic hydroxyl groups is 1. The van der Waals surface area contributed by atoms with Crippen molar-refractivity contribution < 1.29 is 19.7 Å². The second-order valence-corrected chi connectivity index (χ2v) is 13.4. The van der Waals surface area contributed by atoms with Crippen molar-refractivity contribution in [3.8, 4) is 23.3 Å². The van der Waals surface area contributed by atoms with Crippen LogP contribution in [0.1, 0.15) is 59.6 Å². The SMILES string of the molecule is CC[C@H]1C[C@@H](N(C)C(=O)C#Cc2ccc(C)c(C)c2)[C@H]2Oc3c(O)ccc4c3[C@@]23CCN(CCc2ccccc2)[C@H](C4)[C@]13O. The van der Waals surface area contributed by atoms with E-state index in [1.807, 2.05) is 44.3 Å². The molecule has 2 heterocycles. The Balaban J connectivity index is 1.26. The van der Waals surface area contributed by atoms with Crippen LogP contribution in [0.4, 0.5) is 0 Å². The highest BCUT2D eigenvalue weighted by Crippen LogP contribution is 2.67. The van der Waals surface area contributed by atoms with E-state index in [2.05, 4.69) is 54.9 Å². The summed E-state index contributed by atoms with van der Waals surface area (Å²) >= 11 is 0. The van der Waals surface area contributed by atoms with E-state index in [1.165, 1.54) is 11.1 Å². The molecule has 228 valence electrons.